The molecule has 0 aromatic heterocycles. The molecule has 0 N–H and O–H groups in total. The second-order valence-electron chi connectivity index (χ2n) is 9.02. The third kappa shape index (κ3) is 4.76. The third-order valence-electron chi connectivity index (χ3n) is 6.04. The summed E-state index contributed by atoms with van der Waals surface area (Å²) in [4.78, 5) is 14.7. The van der Waals surface area contributed by atoms with E-state index in [1.54, 1.807) is 4.90 Å². The van der Waals surface area contributed by atoms with Crippen molar-refractivity contribution in [2.24, 2.45) is 5.92 Å². The van der Waals surface area contributed by atoms with E-state index in [-0.39, 0.29) is 22.1 Å². The lowest BCUT2D eigenvalue weighted by atomic mass is 9.91. The summed E-state index contributed by atoms with van der Waals surface area (Å²) in [7, 11) is -0.508. The molecule has 1 amide bonds. The van der Waals surface area contributed by atoms with Crippen LogP contribution in [0, 0.1) is 5.92 Å². The zero-order valence-corrected chi connectivity index (χ0v) is 21.1. The summed E-state index contributed by atoms with van der Waals surface area (Å²) in [6.07, 6.45) is -0.267. The first-order chi connectivity index (χ1) is 13.3. The Kier molecular flexibility index (Phi) is 7.37. The van der Waals surface area contributed by atoms with Gasteiger partial charge >= 0.3 is 0 Å². The van der Waals surface area contributed by atoms with Gasteiger partial charge in [-0.25, -0.2) is 0 Å². The first-order valence-electron chi connectivity index (χ1n) is 9.83. The number of methoxy groups -OCH3 is 1. The van der Waals surface area contributed by atoms with Crippen molar-refractivity contribution in [3.05, 3.63) is 41.6 Å². The molecule has 1 aromatic rings. The Morgan fingerprint density at radius 1 is 1.24 bits per heavy atom. The van der Waals surface area contributed by atoms with Crippen LogP contribution in [0.3, 0.4) is 0 Å². The maximum atomic E-state index is 13.2. The number of β-lactam (4-membered cyclic amide) rings is 1. The van der Waals surface area contributed by atoms with Gasteiger partial charge in [-0.05, 0) is 55.3 Å². The molecule has 2 rings (SSSR count). The minimum Gasteiger partial charge on any atom is -0.485 e. The molecule has 0 aliphatic carbocycles. The fourth-order valence-corrected chi connectivity index (χ4v) is 5.39. The Balaban J connectivity index is 2.32. The quantitative estimate of drug-likeness (QED) is 0.136. The van der Waals surface area contributed by atoms with Gasteiger partial charge in [-0.15, -0.1) is 0 Å². The molecule has 1 heterocycles. The van der Waals surface area contributed by atoms with Crippen molar-refractivity contribution in [2.75, 3.05) is 7.11 Å². The molecule has 4 nitrogen and oxygen atoms in total. The van der Waals surface area contributed by atoms with Crippen molar-refractivity contribution in [3.63, 3.8) is 0 Å². The molecule has 1 aliphatic rings. The predicted molar refractivity (Wildman–Crippen MR) is 126 cm³/mol. The number of hydrogen-bond donors (Lipinski definition) is 0. The van der Waals surface area contributed by atoms with E-state index in [1.807, 2.05) is 44.2 Å². The van der Waals surface area contributed by atoms with E-state index in [0.717, 1.165) is 11.1 Å². The number of thiocarbonyl (C=S) groups is 1. The SMILES string of the molecule is COC(=S)C(=C(C)c1ccccc1)N1C(=O)[C@H]([C@@H](C)O[Si](C)(C)C(C)(C)C)[C@H]1Cl. The van der Waals surface area contributed by atoms with Crippen molar-refractivity contribution >= 4 is 48.7 Å². The smallest absolute Gasteiger partial charge is 0.237 e. The zero-order valence-electron chi connectivity index (χ0n) is 18.6. The standard InChI is InChI=1S/C22H32ClNO3SSi/c1-14(16-12-10-9-11-13-16)18(21(28)26-6)24-19(23)17(20(24)25)15(2)27-29(7,8)22(3,4)5/h9-13,15,17,19H,1-8H3/t15-,17-,19+/m1/s1. The third-order valence-corrected chi connectivity index (χ3v) is 11.4. The highest BCUT2D eigenvalue weighted by molar-refractivity contribution is 7.80. The van der Waals surface area contributed by atoms with Gasteiger partial charge in [0.05, 0.1) is 19.1 Å². The van der Waals surface area contributed by atoms with Gasteiger partial charge in [0, 0.05) is 0 Å². The van der Waals surface area contributed by atoms with Crippen LogP contribution in [-0.2, 0) is 14.0 Å². The Morgan fingerprint density at radius 3 is 2.24 bits per heavy atom. The van der Waals surface area contributed by atoms with Crippen LogP contribution in [0.5, 0.6) is 0 Å². The van der Waals surface area contributed by atoms with Crippen LogP contribution < -0.4 is 0 Å². The maximum Gasteiger partial charge on any atom is 0.237 e. The van der Waals surface area contributed by atoms with Crippen molar-refractivity contribution in [2.45, 2.75) is 64.4 Å². The lowest BCUT2D eigenvalue weighted by Crippen LogP contribution is -2.63. The number of allylic oxidation sites excluding steroid dienone is 1. The fourth-order valence-electron chi connectivity index (χ4n) is 3.20. The van der Waals surface area contributed by atoms with E-state index >= 15 is 0 Å². The first-order valence-corrected chi connectivity index (χ1v) is 13.6. The van der Waals surface area contributed by atoms with Crippen molar-refractivity contribution in [3.8, 4) is 0 Å². The number of alkyl halides is 1. The van der Waals surface area contributed by atoms with Gasteiger partial charge in [-0.3, -0.25) is 9.69 Å². The minimum absolute atomic E-state index is 0.0577. The predicted octanol–water partition coefficient (Wildman–Crippen LogP) is 5.83. The lowest BCUT2D eigenvalue weighted by Gasteiger charge is -2.49. The second kappa shape index (κ2) is 8.88. The van der Waals surface area contributed by atoms with Crippen LogP contribution in [0.1, 0.15) is 40.2 Å². The molecule has 1 fully saturated rings. The van der Waals surface area contributed by atoms with E-state index in [9.17, 15) is 4.79 Å². The molecule has 1 aromatic carbocycles. The van der Waals surface area contributed by atoms with E-state index in [1.165, 1.54) is 7.11 Å². The molecule has 0 unspecified atom stereocenters. The van der Waals surface area contributed by atoms with Crippen LogP contribution in [-0.4, -0.2) is 42.9 Å². The average molecular weight is 454 g/mol. The zero-order chi connectivity index (χ0) is 22.1. The number of hydrogen-bond acceptors (Lipinski definition) is 4. The fraction of sp³-hybridized carbons (Fsp3) is 0.545. The van der Waals surface area contributed by atoms with E-state index in [4.69, 9.17) is 33.0 Å². The Morgan fingerprint density at radius 2 is 1.79 bits per heavy atom. The first kappa shape index (κ1) is 24.1. The summed E-state index contributed by atoms with van der Waals surface area (Å²) in [6.45, 7) is 14.8. The van der Waals surface area contributed by atoms with Gasteiger partial charge in [0.2, 0.25) is 11.0 Å². The van der Waals surface area contributed by atoms with Gasteiger partial charge in [0.15, 0.2) is 8.32 Å². The molecule has 1 aliphatic heterocycles. The summed E-state index contributed by atoms with van der Waals surface area (Å²) < 4.78 is 11.8. The molecule has 7 heteroatoms. The van der Waals surface area contributed by atoms with Crippen LogP contribution in [0.2, 0.25) is 18.1 Å². The van der Waals surface area contributed by atoms with Gasteiger partial charge in [-0.2, -0.15) is 0 Å². The minimum atomic E-state index is -2.02. The molecular formula is C22H32ClNO3SSi. The monoisotopic (exact) mass is 453 g/mol. The second-order valence-corrected chi connectivity index (χ2v) is 14.6. The molecule has 3 atom stereocenters. The normalized spacial score (nSPS) is 22.0. The highest BCUT2D eigenvalue weighted by Gasteiger charge is 2.54. The number of halogens is 1. The van der Waals surface area contributed by atoms with E-state index in [2.05, 4.69) is 33.9 Å². The van der Waals surface area contributed by atoms with Gasteiger partial charge in [0.25, 0.3) is 0 Å². The highest BCUT2D eigenvalue weighted by Crippen LogP contribution is 2.43. The summed E-state index contributed by atoms with van der Waals surface area (Å²) in [6, 6.07) is 9.78. The molecule has 0 radical (unpaired) electrons. The number of amides is 1. The molecular weight excluding hydrogens is 422 g/mol. The van der Waals surface area contributed by atoms with Crippen molar-refractivity contribution < 1.29 is 14.0 Å². The molecule has 160 valence electrons. The average Bonchev–Trinajstić information content (AvgIpc) is 2.64. The Labute approximate surface area is 186 Å². The molecule has 1 saturated heterocycles. The van der Waals surface area contributed by atoms with Crippen LogP contribution in [0.4, 0.5) is 0 Å². The maximum absolute atomic E-state index is 13.2. The largest absolute Gasteiger partial charge is 0.485 e. The molecule has 0 saturated carbocycles. The Hall–Kier alpha value is -1.21. The van der Waals surface area contributed by atoms with E-state index < -0.39 is 19.7 Å². The number of carbonyl (C=O) groups excluding carboxylic acids is 1. The van der Waals surface area contributed by atoms with Gasteiger partial charge < -0.3 is 9.16 Å². The summed E-state index contributed by atoms with van der Waals surface area (Å²) in [5.41, 5.74) is 1.83. The molecule has 0 bridgehead atoms. The number of ether oxygens (including phenoxy) is 1. The summed E-state index contributed by atoms with van der Waals surface area (Å²) >= 11 is 12.2. The topological polar surface area (TPSA) is 38.8 Å². The van der Waals surface area contributed by atoms with Crippen LogP contribution in [0.15, 0.2) is 36.0 Å². The molecule has 29 heavy (non-hydrogen) atoms. The number of likely N-dealkylation sites (tertiary alicyclic amines) is 1. The van der Waals surface area contributed by atoms with Crippen molar-refractivity contribution in [1.82, 2.24) is 4.90 Å². The van der Waals surface area contributed by atoms with Gasteiger partial charge in [0.1, 0.15) is 11.2 Å². The van der Waals surface area contributed by atoms with Crippen LogP contribution in [0.25, 0.3) is 5.57 Å². The summed E-state index contributed by atoms with van der Waals surface area (Å²) in [5.74, 6) is -0.495. The molecule has 0 spiro atoms. The lowest BCUT2D eigenvalue weighted by molar-refractivity contribution is -0.152. The number of benzene rings is 1. The summed E-state index contributed by atoms with van der Waals surface area (Å²) in [5, 5.41) is 0.309. The van der Waals surface area contributed by atoms with Crippen LogP contribution >= 0.6 is 23.8 Å². The number of rotatable bonds is 6. The number of nitrogens with zero attached hydrogens (tertiary/aromatic N) is 1. The highest BCUT2D eigenvalue weighted by atomic mass is 35.5. The van der Waals surface area contributed by atoms with Gasteiger partial charge in [-0.1, -0.05) is 62.7 Å². The van der Waals surface area contributed by atoms with E-state index in [0.29, 0.717) is 5.70 Å². The Bertz CT molecular complexity index is 804. The van der Waals surface area contributed by atoms with Crippen molar-refractivity contribution in [1.29, 1.82) is 0 Å². The number of carbonyl (C=O) groups is 1.